The van der Waals surface area contributed by atoms with Gasteiger partial charge in [0.2, 0.25) is 5.91 Å². The first-order chi connectivity index (χ1) is 11.1. The number of piperidine rings is 1. The lowest BCUT2D eigenvalue weighted by Gasteiger charge is -2.31. The number of halogens is 2. The number of rotatable bonds is 5. The normalized spacial score (nSPS) is 14.4. The van der Waals surface area contributed by atoms with Gasteiger partial charge in [-0.2, -0.15) is 0 Å². The zero-order chi connectivity index (χ0) is 16.7. The second-order valence-electron chi connectivity index (χ2n) is 5.62. The Morgan fingerprint density at radius 3 is 2.50 bits per heavy atom. The molecule has 0 atom stereocenters. The summed E-state index contributed by atoms with van der Waals surface area (Å²) in [5, 5.41) is 8.73. The number of hydrogen-bond acceptors (Lipinski definition) is 3. The Hall–Kier alpha value is -1.31. The molecule has 0 bridgehead atoms. The van der Waals surface area contributed by atoms with Crippen molar-refractivity contribution >= 4 is 46.0 Å². The Balaban J connectivity index is 0.00000288. The first-order valence-corrected chi connectivity index (χ1v) is 8.62. The van der Waals surface area contributed by atoms with Gasteiger partial charge in [0.25, 0.3) is 0 Å². The van der Waals surface area contributed by atoms with Gasteiger partial charge in [0.05, 0.1) is 0 Å². The predicted octanol–water partition coefficient (Wildman–Crippen LogP) is 2.59. The molecule has 0 saturated carbocycles. The van der Waals surface area contributed by atoms with E-state index in [0.717, 1.165) is 30.4 Å². The van der Waals surface area contributed by atoms with Crippen LogP contribution in [0.15, 0.2) is 28.7 Å². The van der Waals surface area contributed by atoms with Crippen LogP contribution in [0, 0.1) is 0 Å². The van der Waals surface area contributed by atoms with Crippen molar-refractivity contribution in [1.82, 2.24) is 15.5 Å². The van der Waals surface area contributed by atoms with Crippen molar-refractivity contribution in [2.75, 3.05) is 32.0 Å². The summed E-state index contributed by atoms with van der Waals surface area (Å²) in [5.41, 5.74) is 0.712. The van der Waals surface area contributed by atoms with E-state index in [9.17, 15) is 9.59 Å². The average molecular weight is 420 g/mol. The third kappa shape index (κ3) is 6.67. The molecule has 1 aliphatic heterocycles. The molecule has 1 fully saturated rings. The van der Waals surface area contributed by atoms with Gasteiger partial charge in [0, 0.05) is 36.2 Å². The van der Waals surface area contributed by atoms with Crippen molar-refractivity contribution in [2.24, 2.45) is 0 Å². The van der Waals surface area contributed by atoms with E-state index in [4.69, 9.17) is 0 Å². The summed E-state index contributed by atoms with van der Waals surface area (Å²) >= 11 is 3.34. The third-order valence-electron chi connectivity index (χ3n) is 3.98. The fraction of sp³-hybridized carbons (Fsp3) is 0.500. The number of amides is 3. The minimum absolute atomic E-state index is 0. The monoisotopic (exact) mass is 418 g/mol. The highest BCUT2D eigenvalue weighted by atomic mass is 79.9. The summed E-state index contributed by atoms with van der Waals surface area (Å²) in [4.78, 5) is 25.7. The summed E-state index contributed by atoms with van der Waals surface area (Å²) in [7, 11) is 1.85. The van der Waals surface area contributed by atoms with Crippen LogP contribution in [0.2, 0.25) is 0 Å². The van der Waals surface area contributed by atoms with Crippen LogP contribution in [0.3, 0.4) is 0 Å². The average Bonchev–Trinajstić information content (AvgIpc) is 2.57. The predicted molar refractivity (Wildman–Crippen MR) is 102 cm³/mol. The van der Waals surface area contributed by atoms with Crippen molar-refractivity contribution in [3.05, 3.63) is 28.7 Å². The second-order valence-corrected chi connectivity index (χ2v) is 6.54. The van der Waals surface area contributed by atoms with Crippen LogP contribution >= 0.6 is 28.3 Å². The van der Waals surface area contributed by atoms with Crippen LogP contribution in [-0.4, -0.2) is 49.6 Å². The standard InChI is InChI=1S/C16H23BrN4O2.ClH/c1-21(14-6-9-18-10-7-14)15(22)8-11-19-16(23)20-13-4-2-12(17)3-5-13;/h2-5,14,18H,6-11H2,1H3,(H2,19,20,23);1H. The van der Waals surface area contributed by atoms with E-state index >= 15 is 0 Å². The number of anilines is 1. The van der Waals surface area contributed by atoms with Crippen molar-refractivity contribution in [1.29, 1.82) is 0 Å². The zero-order valence-electron chi connectivity index (χ0n) is 13.7. The van der Waals surface area contributed by atoms with E-state index in [1.165, 1.54) is 0 Å². The highest BCUT2D eigenvalue weighted by Gasteiger charge is 2.21. The first-order valence-electron chi connectivity index (χ1n) is 7.83. The van der Waals surface area contributed by atoms with Crippen LogP contribution in [0.25, 0.3) is 0 Å². The maximum atomic E-state index is 12.1. The van der Waals surface area contributed by atoms with Gasteiger partial charge in [-0.1, -0.05) is 15.9 Å². The Morgan fingerprint density at radius 2 is 1.88 bits per heavy atom. The molecular weight excluding hydrogens is 396 g/mol. The number of nitrogens with one attached hydrogen (secondary N) is 3. The molecule has 1 aromatic rings. The number of urea groups is 1. The SMILES string of the molecule is CN(C(=O)CCNC(=O)Nc1ccc(Br)cc1)C1CCNCC1.Cl. The summed E-state index contributed by atoms with van der Waals surface area (Å²) in [6.07, 6.45) is 2.29. The molecule has 0 aliphatic carbocycles. The molecule has 3 amide bonds. The topological polar surface area (TPSA) is 73.5 Å². The van der Waals surface area contributed by atoms with E-state index in [0.29, 0.717) is 24.7 Å². The molecule has 3 N–H and O–H groups in total. The lowest BCUT2D eigenvalue weighted by atomic mass is 10.1. The Bertz CT molecular complexity index is 535. The number of carbonyl (C=O) groups is 2. The molecule has 2 rings (SSSR count). The van der Waals surface area contributed by atoms with Gasteiger partial charge in [-0.05, 0) is 50.2 Å². The molecule has 0 aromatic heterocycles. The molecular formula is C16H24BrClN4O2. The molecule has 134 valence electrons. The minimum atomic E-state index is -0.301. The zero-order valence-corrected chi connectivity index (χ0v) is 16.1. The summed E-state index contributed by atoms with van der Waals surface area (Å²) in [6, 6.07) is 7.32. The maximum Gasteiger partial charge on any atom is 0.319 e. The summed E-state index contributed by atoms with van der Waals surface area (Å²) in [5.74, 6) is 0.0702. The van der Waals surface area contributed by atoms with Gasteiger partial charge in [-0.25, -0.2) is 4.79 Å². The second kappa shape index (κ2) is 10.5. The highest BCUT2D eigenvalue weighted by Crippen LogP contribution is 2.14. The molecule has 0 radical (unpaired) electrons. The largest absolute Gasteiger partial charge is 0.343 e. The van der Waals surface area contributed by atoms with Crippen LogP contribution in [0.1, 0.15) is 19.3 Å². The van der Waals surface area contributed by atoms with Crippen LogP contribution in [-0.2, 0) is 4.79 Å². The van der Waals surface area contributed by atoms with E-state index in [1.54, 1.807) is 12.1 Å². The van der Waals surface area contributed by atoms with Crippen molar-refractivity contribution in [3.8, 4) is 0 Å². The Kier molecular flexibility index (Phi) is 9.10. The molecule has 24 heavy (non-hydrogen) atoms. The summed E-state index contributed by atoms with van der Waals surface area (Å²) < 4.78 is 0.954. The number of hydrogen-bond donors (Lipinski definition) is 3. The molecule has 8 heteroatoms. The van der Waals surface area contributed by atoms with Crippen LogP contribution < -0.4 is 16.0 Å². The molecule has 0 unspecified atom stereocenters. The van der Waals surface area contributed by atoms with Crippen molar-refractivity contribution in [3.63, 3.8) is 0 Å². The lowest BCUT2D eigenvalue weighted by Crippen LogP contribution is -2.44. The van der Waals surface area contributed by atoms with Gasteiger partial charge in [0.1, 0.15) is 0 Å². The molecule has 1 aliphatic rings. The van der Waals surface area contributed by atoms with Gasteiger partial charge in [0.15, 0.2) is 0 Å². The lowest BCUT2D eigenvalue weighted by molar-refractivity contribution is -0.132. The minimum Gasteiger partial charge on any atom is -0.343 e. The van der Waals surface area contributed by atoms with Gasteiger partial charge in [-0.3, -0.25) is 4.79 Å². The fourth-order valence-corrected chi connectivity index (χ4v) is 2.83. The van der Waals surface area contributed by atoms with E-state index in [2.05, 4.69) is 31.9 Å². The maximum absolute atomic E-state index is 12.1. The van der Waals surface area contributed by atoms with Crippen LogP contribution in [0.4, 0.5) is 10.5 Å². The number of benzene rings is 1. The van der Waals surface area contributed by atoms with Crippen molar-refractivity contribution in [2.45, 2.75) is 25.3 Å². The first kappa shape index (κ1) is 20.7. The smallest absolute Gasteiger partial charge is 0.319 e. The van der Waals surface area contributed by atoms with Crippen molar-refractivity contribution < 1.29 is 9.59 Å². The Labute approximate surface area is 157 Å². The molecule has 1 heterocycles. The Morgan fingerprint density at radius 1 is 1.25 bits per heavy atom. The molecule has 6 nitrogen and oxygen atoms in total. The van der Waals surface area contributed by atoms with E-state index < -0.39 is 0 Å². The van der Waals surface area contributed by atoms with E-state index in [1.807, 2.05) is 24.1 Å². The third-order valence-corrected chi connectivity index (χ3v) is 4.50. The molecule has 1 aromatic carbocycles. The molecule has 0 spiro atoms. The highest BCUT2D eigenvalue weighted by molar-refractivity contribution is 9.10. The quantitative estimate of drug-likeness (QED) is 0.687. The number of nitrogens with zero attached hydrogens (tertiary/aromatic N) is 1. The van der Waals surface area contributed by atoms with Gasteiger partial charge >= 0.3 is 6.03 Å². The van der Waals surface area contributed by atoms with Gasteiger partial charge in [-0.15, -0.1) is 12.4 Å². The van der Waals surface area contributed by atoms with Gasteiger partial charge < -0.3 is 20.9 Å². The number of carbonyl (C=O) groups excluding carboxylic acids is 2. The van der Waals surface area contributed by atoms with E-state index in [-0.39, 0.29) is 24.3 Å². The summed E-state index contributed by atoms with van der Waals surface area (Å²) in [6.45, 7) is 2.24. The molecule has 1 saturated heterocycles. The van der Waals surface area contributed by atoms with Crippen LogP contribution in [0.5, 0.6) is 0 Å². The fourth-order valence-electron chi connectivity index (χ4n) is 2.57.